The fraction of sp³-hybridized carbons (Fsp3) is 0.444. The van der Waals surface area contributed by atoms with Crippen molar-refractivity contribution in [3.05, 3.63) is 34.3 Å². The van der Waals surface area contributed by atoms with E-state index in [1.807, 2.05) is 24.4 Å². The van der Waals surface area contributed by atoms with Crippen molar-refractivity contribution in [2.45, 2.75) is 26.2 Å². The van der Waals surface area contributed by atoms with Crippen molar-refractivity contribution in [3.8, 4) is 11.5 Å². The molecule has 2 N–H and O–H groups in total. The van der Waals surface area contributed by atoms with E-state index < -0.39 is 0 Å². The van der Waals surface area contributed by atoms with Gasteiger partial charge in [0.25, 0.3) is 0 Å². The van der Waals surface area contributed by atoms with E-state index in [1.54, 1.807) is 18.4 Å². The molecule has 25 heavy (non-hydrogen) atoms. The highest BCUT2D eigenvalue weighted by atomic mass is 32.1. The lowest BCUT2D eigenvalue weighted by atomic mass is 10.3. The molecule has 0 spiro atoms. The molecule has 3 rings (SSSR count). The fourth-order valence-corrected chi connectivity index (χ4v) is 3.33. The van der Waals surface area contributed by atoms with Crippen LogP contribution in [-0.2, 0) is 12.8 Å². The fourth-order valence-electron chi connectivity index (χ4n) is 2.47. The first-order chi connectivity index (χ1) is 12.3. The van der Waals surface area contributed by atoms with E-state index in [-0.39, 0.29) is 0 Å². The maximum Gasteiger partial charge on any atom is 0.195 e. The van der Waals surface area contributed by atoms with Gasteiger partial charge in [-0.1, -0.05) is 6.92 Å². The monoisotopic (exact) mass is 360 g/mol. The molecule has 1 aromatic carbocycles. The van der Waals surface area contributed by atoms with Crippen LogP contribution in [0.5, 0.6) is 11.5 Å². The van der Waals surface area contributed by atoms with Crippen molar-refractivity contribution in [1.29, 1.82) is 0 Å². The largest absolute Gasteiger partial charge is 0.490 e. The predicted molar refractivity (Wildman–Crippen MR) is 102 cm³/mol. The predicted octanol–water partition coefficient (Wildman–Crippen LogP) is 3.10. The molecule has 0 unspecified atom stereocenters. The maximum absolute atomic E-state index is 5.72. The van der Waals surface area contributed by atoms with Crippen LogP contribution in [0.25, 0.3) is 0 Å². The summed E-state index contributed by atoms with van der Waals surface area (Å²) >= 11 is 1.77. The van der Waals surface area contributed by atoms with Gasteiger partial charge in [-0.2, -0.15) is 0 Å². The Bertz CT molecular complexity index is 730. The van der Waals surface area contributed by atoms with Crippen LogP contribution in [0.15, 0.2) is 29.4 Å². The smallest absolute Gasteiger partial charge is 0.195 e. The lowest BCUT2D eigenvalue weighted by Crippen LogP contribution is -2.32. The van der Waals surface area contributed by atoms with Gasteiger partial charge in [-0.25, -0.2) is 4.98 Å². The van der Waals surface area contributed by atoms with Gasteiger partial charge >= 0.3 is 0 Å². The van der Waals surface area contributed by atoms with Gasteiger partial charge in [0.15, 0.2) is 17.5 Å². The summed E-state index contributed by atoms with van der Waals surface area (Å²) in [7, 11) is 1.76. The molecule has 6 nitrogen and oxygen atoms in total. The van der Waals surface area contributed by atoms with Crippen molar-refractivity contribution < 1.29 is 9.47 Å². The minimum Gasteiger partial charge on any atom is -0.490 e. The van der Waals surface area contributed by atoms with Gasteiger partial charge in [0.2, 0.25) is 0 Å². The van der Waals surface area contributed by atoms with E-state index in [1.165, 1.54) is 4.88 Å². The molecule has 1 aliphatic heterocycles. The molecule has 0 amide bonds. The molecule has 2 heterocycles. The second-order valence-electron chi connectivity index (χ2n) is 5.66. The molecule has 2 aromatic rings. The van der Waals surface area contributed by atoms with E-state index >= 15 is 0 Å². The zero-order valence-corrected chi connectivity index (χ0v) is 15.5. The molecular weight excluding hydrogens is 336 g/mol. The first kappa shape index (κ1) is 17.5. The van der Waals surface area contributed by atoms with Crippen LogP contribution in [0.1, 0.15) is 23.2 Å². The number of benzene rings is 1. The van der Waals surface area contributed by atoms with Gasteiger partial charge in [0.1, 0.15) is 0 Å². The topological polar surface area (TPSA) is 67.8 Å². The Labute approximate surface area is 152 Å². The van der Waals surface area contributed by atoms with Gasteiger partial charge in [-0.15, -0.1) is 11.3 Å². The average molecular weight is 360 g/mol. The van der Waals surface area contributed by atoms with Gasteiger partial charge < -0.3 is 20.1 Å². The Morgan fingerprint density at radius 3 is 2.88 bits per heavy atom. The summed E-state index contributed by atoms with van der Waals surface area (Å²) in [5.74, 6) is 2.29. The van der Waals surface area contributed by atoms with E-state index in [2.05, 4.69) is 27.5 Å². The first-order valence-corrected chi connectivity index (χ1v) is 9.41. The number of aromatic nitrogens is 1. The lowest BCUT2D eigenvalue weighted by molar-refractivity contribution is 0.297. The number of aryl methyl sites for hydroxylation is 1. The number of thiazole rings is 1. The van der Waals surface area contributed by atoms with Crippen LogP contribution in [0.3, 0.4) is 0 Å². The number of ether oxygens (including phenoxy) is 2. The molecule has 1 aliphatic rings. The third-order valence-corrected chi connectivity index (χ3v) is 5.02. The van der Waals surface area contributed by atoms with Crippen LogP contribution >= 0.6 is 11.3 Å². The van der Waals surface area contributed by atoms with Crippen LogP contribution in [0, 0.1) is 0 Å². The van der Waals surface area contributed by atoms with Crippen molar-refractivity contribution in [2.75, 3.05) is 32.1 Å². The highest BCUT2D eigenvalue weighted by molar-refractivity contribution is 7.11. The summed E-state index contributed by atoms with van der Waals surface area (Å²) in [6.07, 6.45) is 4.78. The third-order valence-electron chi connectivity index (χ3n) is 3.82. The Hall–Kier alpha value is -2.28. The highest BCUT2D eigenvalue weighted by Gasteiger charge is 2.11. The zero-order chi connectivity index (χ0) is 17.5. The van der Waals surface area contributed by atoms with Crippen molar-refractivity contribution in [1.82, 2.24) is 10.3 Å². The number of nitrogens with one attached hydrogen (secondary N) is 2. The number of rotatable bonds is 5. The minimum atomic E-state index is 0.678. The summed E-state index contributed by atoms with van der Waals surface area (Å²) in [5.41, 5.74) is 0.917. The average Bonchev–Trinajstić information content (AvgIpc) is 2.97. The summed E-state index contributed by atoms with van der Waals surface area (Å²) in [4.78, 5) is 10.0. The van der Waals surface area contributed by atoms with E-state index in [0.29, 0.717) is 13.2 Å². The highest BCUT2D eigenvalue weighted by Crippen LogP contribution is 2.32. The minimum absolute atomic E-state index is 0.678. The number of guanidine groups is 1. The van der Waals surface area contributed by atoms with E-state index in [4.69, 9.17) is 9.47 Å². The van der Waals surface area contributed by atoms with Gasteiger partial charge in [-0.3, -0.25) is 4.99 Å². The second-order valence-corrected chi connectivity index (χ2v) is 6.86. The Kier molecular flexibility index (Phi) is 6.11. The molecule has 0 fully saturated rings. The molecule has 0 radical (unpaired) electrons. The molecule has 0 saturated heterocycles. The molecule has 7 heteroatoms. The number of hydrogen-bond donors (Lipinski definition) is 2. The van der Waals surface area contributed by atoms with E-state index in [9.17, 15) is 0 Å². The Morgan fingerprint density at radius 2 is 2.12 bits per heavy atom. The number of fused-ring (bicyclic) bond motifs is 1. The number of nitrogens with zero attached hydrogens (tertiary/aromatic N) is 2. The van der Waals surface area contributed by atoms with Crippen molar-refractivity contribution in [2.24, 2.45) is 4.99 Å². The normalized spacial score (nSPS) is 14.1. The van der Waals surface area contributed by atoms with Crippen LogP contribution in [-0.4, -0.2) is 37.7 Å². The van der Waals surface area contributed by atoms with Gasteiger partial charge in [0, 0.05) is 49.3 Å². The molecule has 0 bridgehead atoms. The van der Waals surface area contributed by atoms with Crippen molar-refractivity contribution in [3.63, 3.8) is 0 Å². The summed E-state index contributed by atoms with van der Waals surface area (Å²) < 4.78 is 11.4. The molecule has 0 atom stereocenters. The molecular formula is C18H24N4O2S. The summed E-state index contributed by atoms with van der Waals surface area (Å²) in [6, 6.07) is 5.84. The molecule has 1 aromatic heterocycles. The molecule has 0 aliphatic carbocycles. The molecule has 0 saturated carbocycles. The summed E-state index contributed by atoms with van der Waals surface area (Å²) in [5, 5.41) is 7.76. The van der Waals surface area contributed by atoms with E-state index in [0.717, 1.165) is 54.0 Å². The molecule has 134 valence electrons. The SMILES string of the molecule is CCc1cnc(CCNC(=NC)Nc2ccc3c(c2)OCCCO3)s1. The van der Waals surface area contributed by atoms with Crippen LogP contribution in [0.4, 0.5) is 5.69 Å². The van der Waals surface area contributed by atoms with Crippen LogP contribution < -0.4 is 20.1 Å². The quantitative estimate of drug-likeness (QED) is 0.633. The number of aliphatic imine (C=N–C) groups is 1. The van der Waals surface area contributed by atoms with Crippen LogP contribution in [0.2, 0.25) is 0 Å². The maximum atomic E-state index is 5.72. The van der Waals surface area contributed by atoms with Crippen molar-refractivity contribution >= 4 is 23.0 Å². The van der Waals surface area contributed by atoms with Gasteiger partial charge in [-0.05, 0) is 18.6 Å². The van der Waals surface area contributed by atoms with Gasteiger partial charge in [0.05, 0.1) is 18.2 Å². The Morgan fingerprint density at radius 1 is 1.28 bits per heavy atom. The standard InChI is InChI=1S/C18H24N4O2S/c1-3-14-12-21-17(25-14)7-8-20-18(19-2)22-13-5-6-15-16(11-13)24-10-4-9-23-15/h5-6,11-12H,3-4,7-10H2,1-2H3,(H2,19,20,22). The zero-order valence-electron chi connectivity index (χ0n) is 14.7. The number of hydrogen-bond acceptors (Lipinski definition) is 5. The third kappa shape index (κ3) is 4.85. The lowest BCUT2D eigenvalue weighted by Gasteiger charge is -2.13. The second kappa shape index (κ2) is 8.71. The first-order valence-electron chi connectivity index (χ1n) is 8.59. The number of anilines is 1. The summed E-state index contributed by atoms with van der Waals surface area (Å²) in [6.45, 7) is 4.30. The Balaban J connectivity index is 1.54.